The number of ether oxygens (including phenoxy) is 1. The summed E-state index contributed by atoms with van der Waals surface area (Å²) < 4.78 is 6.13. The van der Waals surface area contributed by atoms with Crippen molar-refractivity contribution in [1.82, 2.24) is 5.32 Å². The lowest BCUT2D eigenvalue weighted by atomic mass is 9.78. The van der Waals surface area contributed by atoms with Crippen LogP contribution in [0.3, 0.4) is 0 Å². The fourth-order valence-corrected chi connectivity index (χ4v) is 3.10. The van der Waals surface area contributed by atoms with E-state index in [9.17, 15) is 0 Å². The molecule has 1 aliphatic carbocycles. The van der Waals surface area contributed by atoms with Gasteiger partial charge in [-0.15, -0.1) is 0 Å². The molecule has 0 spiro atoms. The van der Waals surface area contributed by atoms with Crippen molar-refractivity contribution in [2.24, 2.45) is 17.8 Å². The first-order valence-corrected chi connectivity index (χ1v) is 7.33. The average Bonchev–Trinajstić information content (AvgIpc) is 2.25. The first-order chi connectivity index (χ1) is 8.04. The second kappa shape index (κ2) is 7.38. The molecule has 0 aromatic carbocycles. The van der Waals surface area contributed by atoms with Crippen molar-refractivity contribution >= 4 is 0 Å². The predicted octanol–water partition coefficient (Wildman–Crippen LogP) is 3.46. The summed E-state index contributed by atoms with van der Waals surface area (Å²) in [4.78, 5) is 0. The summed E-state index contributed by atoms with van der Waals surface area (Å²) in [5.41, 5.74) is 0. The normalized spacial score (nSPS) is 34.2. The molecule has 2 heteroatoms. The van der Waals surface area contributed by atoms with E-state index in [2.05, 4.69) is 40.1 Å². The molecule has 1 fully saturated rings. The van der Waals surface area contributed by atoms with Crippen LogP contribution in [-0.4, -0.2) is 25.8 Å². The SMILES string of the molecule is CNC1CC(C)CC(C)C1OCCCC(C)C. The number of hydrogen-bond donors (Lipinski definition) is 1. The van der Waals surface area contributed by atoms with Gasteiger partial charge in [0.15, 0.2) is 0 Å². The van der Waals surface area contributed by atoms with E-state index in [4.69, 9.17) is 4.74 Å². The van der Waals surface area contributed by atoms with Crippen molar-refractivity contribution in [3.8, 4) is 0 Å². The monoisotopic (exact) mass is 241 g/mol. The molecule has 1 aliphatic rings. The minimum atomic E-state index is 0.420. The molecule has 0 aromatic rings. The van der Waals surface area contributed by atoms with Gasteiger partial charge in [0.2, 0.25) is 0 Å². The van der Waals surface area contributed by atoms with Gasteiger partial charge in [-0.3, -0.25) is 0 Å². The summed E-state index contributed by atoms with van der Waals surface area (Å²) in [7, 11) is 2.07. The molecular weight excluding hydrogens is 210 g/mol. The summed E-state index contributed by atoms with van der Waals surface area (Å²) >= 11 is 0. The lowest BCUT2D eigenvalue weighted by Gasteiger charge is -2.39. The van der Waals surface area contributed by atoms with E-state index < -0.39 is 0 Å². The van der Waals surface area contributed by atoms with Crippen LogP contribution in [0.15, 0.2) is 0 Å². The molecule has 0 amide bonds. The quantitative estimate of drug-likeness (QED) is 0.719. The van der Waals surface area contributed by atoms with Gasteiger partial charge in [0.25, 0.3) is 0 Å². The lowest BCUT2D eigenvalue weighted by Crippen LogP contribution is -2.48. The maximum absolute atomic E-state index is 6.13. The standard InChI is InChI=1S/C15H31NO/c1-11(2)7-6-8-17-15-13(4)9-12(3)10-14(15)16-5/h11-16H,6-10H2,1-5H3. The highest BCUT2D eigenvalue weighted by molar-refractivity contribution is 4.87. The molecule has 1 N–H and O–H groups in total. The van der Waals surface area contributed by atoms with Gasteiger partial charge in [-0.05, 0) is 50.5 Å². The van der Waals surface area contributed by atoms with Gasteiger partial charge in [0.1, 0.15) is 0 Å². The molecule has 4 atom stereocenters. The Morgan fingerprint density at radius 3 is 2.53 bits per heavy atom. The first-order valence-electron chi connectivity index (χ1n) is 7.33. The van der Waals surface area contributed by atoms with Gasteiger partial charge in [0, 0.05) is 12.6 Å². The Morgan fingerprint density at radius 2 is 1.94 bits per heavy atom. The van der Waals surface area contributed by atoms with E-state index in [1.165, 1.54) is 25.7 Å². The molecule has 0 heterocycles. The third-order valence-electron chi connectivity index (χ3n) is 3.99. The van der Waals surface area contributed by atoms with Crippen LogP contribution in [0.2, 0.25) is 0 Å². The predicted molar refractivity (Wildman–Crippen MR) is 74.2 cm³/mol. The van der Waals surface area contributed by atoms with E-state index in [0.29, 0.717) is 18.1 Å². The van der Waals surface area contributed by atoms with Crippen molar-refractivity contribution in [3.63, 3.8) is 0 Å². The summed E-state index contributed by atoms with van der Waals surface area (Å²) in [5.74, 6) is 2.32. The highest BCUT2D eigenvalue weighted by atomic mass is 16.5. The van der Waals surface area contributed by atoms with Crippen LogP contribution in [0.4, 0.5) is 0 Å². The Balaban J connectivity index is 2.33. The average molecular weight is 241 g/mol. The molecule has 17 heavy (non-hydrogen) atoms. The molecule has 1 rings (SSSR count). The molecule has 0 saturated heterocycles. The molecule has 0 radical (unpaired) electrons. The molecule has 1 saturated carbocycles. The van der Waals surface area contributed by atoms with Gasteiger partial charge in [0.05, 0.1) is 6.10 Å². The molecule has 0 aliphatic heterocycles. The third-order valence-corrected chi connectivity index (χ3v) is 3.99. The van der Waals surface area contributed by atoms with Crippen molar-refractivity contribution in [2.75, 3.05) is 13.7 Å². The summed E-state index contributed by atoms with van der Waals surface area (Å²) in [5, 5.41) is 3.44. The highest BCUT2D eigenvalue weighted by Crippen LogP contribution is 2.31. The number of rotatable bonds is 6. The molecule has 2 nitrogen and oxygen atoms in total. The Hall–Kier alpha value is -0.0800. The Bertz CT molecular complexity index is 205. The van der Waals surface area contributed by atoms with Crippen LogP contribution in [0.1, 0.15) is 53.4 Å². The molecule has 4 unspecified atom stereocenters. The summed E-state index contributed by atoms with van der Waals surface area (Å²) in [6.45, 7) is 10.2. The zero-order chi connectivity index (χ0) is 12.8. The smallest absolute Gasteiger partial charge is 0.0753 e. The largest absolute Gasteiger partial charge is 0.376 e. The van der Waals surface area contributed by atoms with Gasteiger partial charge in [-0.25, -0.2) is 0 Å². The van der Waals surface area contributed by atoms with Gasteiger partial charge in [-0.2, -0.15) is 0 Å². The highest BCUT2D eigenvalue weighted by Gasteiger charge is 2.33. The van der Waals surface area contributed by atoms with E-state index >= 15 is 0 Å². The van der Waals surface area contributed by atoms with Crippen LogP contribution in [-0.2, 0) is 4.74 Å². The Labute approximate surface area is 108 Å². The number of hydrogen-bond acceptors (Lipinski definition) is 2. The number of nitrogens with one attached hydrogen (secondary N) is 1. The van der Waals surface area contributed by atoms with Crippen LogP contribution >= 0.6 is 0 Å². The molecule has 102 valence electrons. The van der Waals surface area contributed by atoms with Crippen LogP contribution in [0, 0.1) is 17.8 Å². The third kappa shape index (κ3) is 4.97. The van der Waals surface area contributed by atoms with Crippen molar-refractivity contribution in [3.05, 3.63) is 0 Å². The fraction of sp³-hybridized carbons (Fsp3) is 1.00. The lowest BCUT2D eigenvalue weighted by molar-refractivity contribution is -0.0377. The van der Waals surface area contributed by atoms with E-state index in [-0.39, 0.29) is 0 Å². The van der Waals surface area contributed by atoms with Crippen LogP contribution < -0.4 is 5.32 Å². The minimum Gasteiger partial charge on any atom is -0.376 e. The number of likely N-dealkylation sites (N-methyl/N-ethyl adjacent to an activating group) is 1. The summed E-state index contributed by atoms with van der Waals surface area (Å²) in [6, 6.07) is 0.549. The van der Waals surface area contributed by atoms with Gasteiger partial charge in [-0.1, -0.05) is 27.7 Å². The van der Waals surface area contributed by atoms with Crippen LogP contribution in [0.25, 0.3) is 0 Å². The minimum absolute atomic E-state index is 0.420. The second-order valence-corrected chi connectivity index (χ2v) is 6.32. The Morgan fingerprint density at radius 1 is 1.24 bits per heavy atom. The van der Waals surface area contributed by atoms with Gasteiger partial charge < -0.3 is 10.1 Å². The maximum Gasteiger partial charge on any atom is 0.0753 e. The second-order valence-electron chi connectivity index (χ2n) is 6.32. The maximum atomic E-state index is 6.13. The van der Waals surface area contributed by atoms with Crippen molar-refractivity contribution < 1.29 is 4.74 Å². The zero-order valence-electron chi connectivity index (χ0n) is 12.3. The fourth-order valence-electron chi connectivity index (χ4n) is 3.10. The van der Waals surface area contributed by atoms with Gasteiger partial charge >= 0.3 is 0 Å². The van der Waals surface area contributed by atoms with Crippen LogP contribution in [0.5, 0.6) is 0 Å². The Kier molecular flexibility index (Phi) is 6.50. The van der Waals surface area contributed by atoms with Crippen molar-refractivity contribution in [2.45, 2.75) is 65.5 Å². The van der Waals surface area contributed by atoms with E-state index in [1.54, 1.807) is 0 Å². The van der Waals surface area contributed by atoms with E-state index in [0.717, 1.165) is 18.4 Å². The topological polar surface area (TPSA) is 21.3 Å². The van der Waals surface area contributed by atoms with E-state index in [1.807, 2.05) is 0 Å². The molecular formula is C15H31NO. The molecule has 0 bridgehead atoms. The summed E-state index contributed by atoms with van der Waals surface area (Å²) in [6.07, 6.45) is 5.47. The first kappa shape index (κ1) is 15.0. The van der Waals surface area contributed by atoms with Crippen molar-refractivity contribution in [1.29, 1.82) is 0 Å². The molecule has 0 aromatic heterocycles. The zero-order valence-corrected chi connectivity index (χ0v) is 12.3.